The van der Waals surface area contributed by atoms with E-state index in [1.54, 1.807) is 6.92 Å². The van der Waals surface area contributed by atoms with E-state index in [4.69, 9.17) is 0 Å². The fourth-order valence-corrected chi connectivity index (χ4v) is 0.374. The van der Waals surface area contributed by atoms with E-state index in [0.29, 0.717) is 5.76 Å². The van der Waals surface area contributed by atoms with Gasteiger partial charge in [0.25, 0.3) is 5.56 Å². The van der Waals surface area contributed by atoms with Crippen LogP contribution in [0.15, 0.2) is 15.4 Å². The second-order valence-corrected chi connectivity index (χ2v) is 1.32. The Morgan fingerprint density at radius 2 is 2.50 bits per heavy atom. The smallest absolute Gasteiger partial charge is 1.00 e. The number of nitrogens with one attached hydrogen (secondary N) is 1. The van der Waals surface area contributed by atoms with Crippen LogP contribution < -0.4 is 56.9 Å². The molecule has 3 nitrogen and oxygen atoms in total. The zero-order valence-corrected chi connectivity index (χ0v) is 8.02. The summed E-state index contributed by atoms with van der Waals surface area (Å²) in [5.74, 6) is 0.616. The molecule has 0 bridgehead atoms. The van der Waals surface area contributed by atoms with Crippen molar-refractivity contribution in [3.8, 4) is 0 Å². The molecule has 4 heteroatoms. The summed E-state index contributed by atoms with van der Waals surface area (Å²) in [6, 6.07) is 1.39. The zero-order chi connectivity index (χ0) is 5.28. The van der Waals surface area contributed by atoms with Crippen molar-refractivity contribution >= 4 is 0 Å². The average Bonchev–Trinajstić information content (AvgIpc) is 1.87. The summed E-state index contributed by atoms with van der Waals surface area (Å²) in [6.07, 6.45) is 0. The Labute approximate surface area is 90.3 Å². The maximum absolute atomic E-state index is 10.1. The Hall–Kier alpha value is 0.646. The summed E-state index contributed by atoms with van der Waals surface area (Å²) in [5, 5.41) is 2.14. The molecule has 0 atom stereocenters. The van der Waals surface area contributed by atoms with E-state index in [-0.39, 0.29) is 58.4 Å². The van der Waals surface area contributed by atoms with Gasteiger partial charge in [-0.05, 0) is 6.92 Å². The number of aromatic nitrogens is 1. The van der Waals surface area contributed by atoms with Crippen LogP contribution in [0.3, 0.4) is 0 Å². The van der Waals surface area contributed by atoms with Crippen molar-refractivity contribution in [2.45, 2.75) is 6.92 Å². The summed E-state index contributed by atoms with van der Waals surface area (Å²) in [6.45, 7) is 1.71. The predicted octanol–water partition coefficient (Wildman–Crippen LogP) is -2.61. The average molecular weight is 139 g/mol. The second-order valence-electron chi connectivity index (χ2n) is 1.32. The Kier molecular flexibility index (Phi) is 3.92. The summed E-state index contributed by atoms with van der Waals surface area (Å²) in [4.78, 5) is 10.1. The van der Waals surface area contributed by atoms with Crippen LogP contribution in [0.5, 0.6) is 0 Å². The number of aromatic amines is 1. The van der Waals surface area contributed by atoms with Crippen LogP contribution in [0, 0.1) is 6.92 Å². The molecule has 0 radical (unpaired) electrons. The molecular formula is C4H6KNO2. The van der Waals surface area contributed by atoms with Gasteiger partial charge in [0.1, 0.15) is 5.76 Å². The Morgan fingerprint density at radius 3 is 2.62 bits per heavy atom. The molecule has 8 heavy (non-hydrogen) atoms. The maximum atomic E-state index is 10.1. The number of hydrogen-bond acceptors (Lipinski definition) is 2. The van der Waals surface area contributed by atoms with Crippen molar-refractivity contribution in [2.24, 2.45) is 0 Å². The topological polar surface area (TPSA) is 46.0 Å². The third kappa shape index (κ3) is 2.28. The Morgan fingerprint density at radius 1 is 1.88 bits per heavy atom. The molecule has 1 heterocycles. The van der Waals surface area contributed by atoms with Gasteiger partial charge in [0.15, 0.2) is 0 Å². The molecule has 1 aromatic rings. The van der Waals surface area contributed by atoms with E-state index in [1.807, 2.05) is 0 Å². The molecule has 0 amide bonds. The largest absolute Gasteiger partial charge is 1.00 e. The van der Waals surface area contributed by atoms with E-state index >= 15 is 0 Å². The van der Waals surface area contributed by atoms with Crippen molar-refractivity contribution in [3.63, 3.8) is 0 Å². The summed E-state index contributed by atoms with van der Waals surface area (Å²) in [7, 11) is 0. The molecule has 0 aliphatic carbocycles. The fourth-order valence-electron chi connectivity index (χ4n) is 0.374. The quantitative estimate of drug-likeness (QED) is 0.400. The third-order valence-electron chi connectivity index (χ3n) is 0.647. The van der Waals surface area contributed by atoms with Crippen LogP contribution in [0.25, 0.3) is 0 Å². The van der Waals surface area contributed by atoms with Gasteiger partial charge in [0, 0.05) is 6.07 Å². The normalized spacial score (nSPS) is 8.12. The summed E-state index contributed by atoms with van der Waals surface area (Å²) >= 11 is 0. The van der Waals surface area contributed by atoms with Crippen LogP contribution >= 0.6 is 0 Å². The van der Waals surface area contributed by atoms with Crippen LogP contribution in [0.2, 0.25) is 0 Å². The molecule has 40 valence electrons. The van der Waals surface area contributed by atoms with E-state index in [9.17, 15) is 4.79 Å². The van der Waals surface area contributed by atoms with E-state index < -0.39 is 0 Å². The van der Waals surface area contributed by atoms with Gasteiger partial charge in [-0.3, -0.25) is 4.79 Å². The predicted molar refractivity (Wildman–Crippen MR) is 25.2 cm³/mol. The third-order valence-corrected chi connectivity index (χ3v) is 0.647. The minimum absolute atomic E-state index is 0. The van der Waals surface area contributed by atoms with Crippen molar-refractivity contribution in [2.75, 3.05) is 0 Å². The molecule has 1 rings (SSSR count). The standard InChI is InChI=1S/C4H5NO2.K.H/c1-3-2-4(6)5-7-3;;/h2H,1H3,(H,5,6);;/q;+1;-1. The van der Waals surface area contributed by atoms with Gasteiger partial charge in [-0.15, -0.1) is 0 Å². The summed E-state index contributed by atoms with van der Waals surface area (Å²) in [5.41, 5.74) is -0.183. The molecule has 0 spiro atoms. The van der Waals surface area contributed by atoms with Gasteiger partial charge >= 0.3 is 51.4 Å². The molecule has 0 aliphatic rings. The van der Waals surface area contributed by atoms with E-state index in [2.05, 4.69) is 9.68 Å². The van der Waals surface area contributed by atoms with Gasteiger partial charge in [0.05, 0.1) is 0 Å². The maximum Gasteiger partial charge on any atom is 1.00 e. The van der Waals surface area contributed by atoms with Crippen molar-refractivity contribution in [3.05, 3.63) is 22.2 Å². The van der Waals surface area contributed by atoms with Crippen LogP contribution in [-0.2, 0) is 0 Å². The van der Waals surface area contributed by atoms with Gasteiger partial charge < -0.3 is 5.95 Å². The first-order valence-electron chi connectivity index (χ1n) is 1.94. The molecule has 0 saturated heterocycles. The van der Waals surface area contributed by atoms with Crippen LogP contribution in [0.4, 0.5) is 0 Å². The second kappa shape index (κ2) is 3.63. The zero-order valence-electron chi connectivity index (χ0n) is 5.89. The molecule has 0 aliphatic heterocycles. The SMILES string of the molecule is Cc1cc(=O)[nH]o1.[H-].[K+]. The molecular weight excluding hydrogens is 133 g/mol. The number of H-pyrrole nitrogens is 1. The monoisotopic (exact) mass is 139 g/mol. The molecule has 0 aromatic carbocycles. The number of aryl methyl sites for hydroxylation is 1. The minimum Gasteiger partial charge on any atom is -1.00 e. The first kappa shape index (κ1) is 8.65. The van der Waals surface area contributed by atoms with Gasteiger partial charge in [0.2, 0.25) is 0 Å². The Balaban J connectivity index is 0. The van der Waals surface area contributed by atoms with Gasteiger partial charge in [-0.2, -0.15) is 5.16 Å². The molecule has 0 saturated carbocycles. The first-order valence-corrected chi connectivity index (χ1v) is 1.94. The van der Waals surface area contributed by atoms with Crippen LogP contribution in [-0.4, -0.2) is 5.16 Å². The van der Waals surface area contributed by atoms with Gasteiger partial charge in [-0.25, -0.2) is 0 Å². The first-order chi connectivity index (χ1) is 3.29. The van der Waals surface area contributed by atoms with Gasteiger partial charge in [-0.1, -0.05) is 0 Å². The number of rotatable bonds is 0. The van der Waals surface area contributed by atoms with E-state index in [0.717, 1.165) is 0 Å². The molecule has 1 N–H and O–H groups in total. The fraction of sp³-hybridized carbons (Fsp3) is 0.250. The summed E-state index contributed by atoms with van der Waals surface area (Å²) < 4.78 is 4.53. The minimum atomic E-state index is -0.183. The molecule has 1 aromatic heterocycles. The van der Waals surface area contributed by atoms with E-state index in [1.165, 1.54) is 6.07 Å². The van der Waals surface area contributed by atoms with Crippen molar-refractivity contribution in [1.29, 1.82) is 0 Å². The number of hydrogen-bond donors (Lipinski definition) is 1. The molecule has 0 unspecified atom stereocenters. The van der Waals surface area contributed by atoms with Crippen molar-refractivity contribution < 1.29 is 57.3 Å². The van der Waals surface area contributed by atoms with Crippen LogP contribution in [0.1, 0.15) is 7.19 Å². The molecule has 0 fully saturated rings. The Bertz CT molecular complexity index is 206. The van der Waals surface area contributed by atoms with Crippen molar-refractivity contribution in [1.82, 2.24) is 5.16 Å².